The number of thioether (sulfide) groups is 1. The molecule has 0 spiro atoms. The number of para-hydroxylation sites is 1. The van der Waals surface area contributed by atoms with Gasteiger partial charge in [-0.1, -0.05) is 43.0 Å². The Labute approximate surface area is 144 Å². The molecular weight excluding hydrogens is 323 g/mol. The lowest BCUT2D eigenvalue weighted by Gasteiger charge is -2.18. The number of fused-ring (bicyclic) bond motifs is 1. The molecule has 1 atom stereocenters. The zero-order valence-corrected chi connectivity index (χ0v) is 14.5. The molecule has 0 saturated heterocycles. The molecule has 5 heteroatoms. The summed E-state index contributed by atoms with van der Waals surface area (Å²) in [5.41, 5.74) is 1.55. The number of nitrogens with zero attached hydrogens (tertiary/aromatic N) is 2. The van der Waals surface area contributed by atoms with Crippen molar-refractivity contribution in [2.24, 2.45) is 0 Å². The fraction of sp³-hybridized carbons (Fsp3) is 0.263. The van der Waals surface area contributed by atoms with E-state index in [1.54, 1.807) is 10.6 Å². The number of hydrogen-bond donors (Lipinski definition) is 0. The quantitative estimate of drug-likeness (QED) is 0.493. The van der Waals surface area contributed by atoms with Crippen LogP contribution in [0.25, 0.3) is 10.9 Å². The van der Waals surface area contributed by atoms with Gasteiger partial charge in [0.25, 0.3) is 5.56 Å². The van der Waals surface area contributed by atoms with Gasteiger partial charge in [-0.3, -0.25) is 9.36 Å². The highest BCUT2D eigenvalue weighted by Gasteiger charge is 2.15. The molecule has 0 N–H and O–H groups in total. The number of hydrogen-bond acceptors (Lipinski definition) is 3. The maximum atomic E-state index is 13.3. The summed E-state index contributed by atoms with van der Waals surface area (Å²) < 4.78 is 15.1. The molecule has 2 aromatic carbocycles. The second-order valence-corrected chi connectivity index (χ2v) is 6.71. The molecule has 1 heterocycles. The SMILES string of the molecule is CC[C@@H](C)n1c(SCc2cccc(F)c2)nc2ccccc2c1=O. The van der Waals surface area contributed by atoms with E-state index in [-0.39, 0.29) is 17.4 Å². The van der Waals surface area contributed by atoms with Crippen LogP contribution in [0.3, 0.4) is 0 Å². The zero-order valence-electron chi connectivity index (χ0n) is 13.7. The molecule has 3 aromatic rings. The summed E-state index contributed by atoms with van der Waals surface area (Å²) in [6, 6.07) is 14.0. The first-order chi connectivity index (χ1) is 11.6. The molecule has 0 saturated carbocycles. The van der Waals surface area contributed by atoms with Crippen LogP contribution in [0.15, 0.2) is 58.5 Å². The van der Waals surface area contributed by atoms with Crippen LogP contribution >= 0.6 is 11.8 Å². The predicted octanol–water partition coefficient (Wildman–Crippen LogP) is 4.80. The van der Waals surface area contributed by atoms with E-state index < -0.39 is 0 Å². The molecule has 124 valence electrons. The van der Waals surface area contributed by atoms with E-state index in [1.807, 2.05) is 44.2 Å². The van der Waals surface area contributed by atoms with Crippen LogP contribution in [0, 0.1) is 5.82 Å². The second-order valence-electron chi connectivity index (χ2n) is 5.76. The summed E-state index contributed by atoms with van der Waals surface area (Å²) >= 11 is 1.47. The Balaban J connectivity index is 2.03. The summed E-state index contributed by atoms with van der Waals surface area (Å²) in [6.07, 6.45) is 0.841. The Morgan fingerprint density at radius 2 is 2.00 bits per heavy atom. The Hall–Kier alpha value is -2.14. The van der Waals surface area contributed by atoms with Crippen molar-refractivity contribution in [1.82, 2.24) is 9.55 Å². The molecule has 0 bridgehead atoms. The lowest BCUT2D eigenvalue weighted by atomic mass is 10.2. The van der Waals surface area contributed by atoms with Crippen molar-refractivity contribution in [3.05, 3.63) is 70.3 Å². The highest BCUT2D eigenvalue weighted by Crippen LogP contribution is 2.25. The largest absolute Gasteiger partial charge is 0.284 e. The maximum absolute atomic E-state index is 13.3. The zero-order chi connectivity index (χ0) is 17.1. The van der Waals surface area contributed by atoms with Crippen molar-refractivity contribution in [3.8, 4) is 0 Å². The summed E-state index contributed by atoms with van der Waals surface area (Å²) in [5.74, 6) is 0.317. The summed E-state index contributed by atoms with van der Waals surface area (Å²) in [4.78, 5) is 17.5. The van der Waals surface area contributed by atoms with Gasteiger partial charge in [0.2, 0.25) is 0 Å². The van der Waals surface area contributed by atoms with Crippen molar-refractivity contribution < 1.29 is 4.39 Å². The number of rotatable bonds is 5. The average Bonchev–Trinajstić information content (AvgIpc) is 2.59. The summed E-state index contributed by atoms with van der Waals surface area (Å²) in [5, 5.41) is 1.31. The van der Waals surface area contributed by atoms with Gasteiger partial charge in [0.05, 0.1) is 10.9 Å². The molecule has 1 aromatic heterocycles. The maximum Gasteiger partial charge on any atom is 0.262 e. The first-order valence-corrected chi connectivity index (χ1v) is 8.97. The molecule has 24 heavy (non-hydrogen) atoms. The standard InChI is InChI=1S/C19H19FN2OS/c1-3-13(2)22-18(23)16-9-4-5-10-17(16)21-19(22)24-12-14-7-6-8-15(20)11-14/h4-11,13H,3,12H2,1-2H3/t13-/m1/s1. The third-order valence-corrected chi connectivity index (χ3v) is 5.09. The normalized spacial score (nSPS) is 12.5. The Kier molecular flexibility index (Phi) is 5.00. The Bertz CT molecular complexity index is 923. The van der Waals surface area contributed by atoms with E-state index in [1.165, 1.54) is 23.9 Å². The van der Waals surface area contributed by atoms with E-state index in [4.69, 9.17) is 0 Å². The van der Waals surface area contributed by atoms with Crippen molar-refractivity contribution in [2.45, 2.75) is 37.2 Å². The molecule has 0 unspecified atom stereocenters. The minimum absolute atomic E-state index is 0.0170. The second kappa shape index (κ2) is 7.18. The highest BCUT2D eigenvalue weighted by atomic mass is 32.2. The molecular formula is C19H19FN2OS. The van der Waals surface area contributed by atoms with E-state index in [0.717, 1.165) is 12.0 Å². The topological polar surface area (TPSA) is 34.9 Å². The van der Waals surface area contributed by atoms with Crippen molar-refractivity contribution in [2.75, 3.05) is 0 Å². The van der Waals surface area contributed by atoms with Gasteiger partial charge in [0.1, 0.15) is 5.82 Å². The van der Waals surface area contributed by atoms with E-state index >= 15 is 0 Å². The summed E-state index contributed by atoms with van der Waals surface area (Å²) in [7, 11) is 0. The van der Waals surface area contributed by atoms with Gasteiger partial charge < -0.3 is 0 Å². The van der Waals surface area contributed by atoms with Crippen LogP contribution < -0.4 is 5.56 Å². The van der Waals surface area contributed by atoms with Crippen LogP contribution in [0.2, 0.25) is 0 Å². The van der Waals surface area contributed by atoms with Gasteiger partial charge in [-0.05, 0) is 43.2 Å². The molecule has 0 aliphatic rings. The van der Waals surface area contributed by atoms with Crippen LogP contribution in [0.4, 0.5) is 4.39 Å². The van der Waals surface area contributed by atoms with E-state index in [2.05, 4.69) is 4.98 Å². The smallest absolute Gasteiger partial charge is 0.262 e. The predicted molar refractivity (Wildman–Crippen MR) is 97.0 cm³/mol. The molecule has 0 fully saturated rings. The third kappa shape index (κ3) is 3.36. The molecule has 3 rings (SSSR count). The molecule has 0 aliphatic carbocycles. The Morgan fingerprint density at radius 3 is 2.75 bits per heavy atom. The van der Waals surface area contributed by atoms with Crippen molar-refractivity contribution >= 4 is 22.7 Å². The van der Waals surface area contributed by atoms with Gasteiger partial charge in [-0.15, -0.1) is 0 Å². The number of halogens is 1. The van der Waals surface area contributed by atoms with Gasteiger partial charge in [0.15, 0.2) is 5.16 Å². The van der Waals surface area contributed by atoms with Crippen molar-refractivity contribution in [1.29, 1.82) is 0 Å². The van der Waals surface area contributed by atoms with Gasteiger partial charge in [-0.25, -0.2) is 9.37 Å². The highest BCUT2D eigenvalue weighted by molar-refractivity contribution is 7.98. The van der Waals surface area contributed by atoms with Crippen LogP contribution in [0.1, 0.15) is 31.9 Å². The first kappa shape index (κ1) is 16.7. The van der Waals surface area contributed by atoms with Crippen LogP contribution in [-0.4, -0.2) is 9.55 Å². The number of benzene rings is 2. The molecule has 0 radical (unpaired) electrons. The third-order valence-electron chi connectivity index (χ3n) is 4.06. The average molecular weight is 342 g/mol. The van der Waals surface area contributed by atoms with Gasteiger partial charge in [0, 0.05) is 11.8 Å². The van der Waals surface area contributed by atoms with Crippen LogP contribution in [-0.2, 0) is 5.75 Å². The van der Waals surface area contributed by atoms with E-state index in [0.29, 0.717) is 21.8 Å². The fourth-order valence-electron chi connectivity index (χ4n) is 2.57. The molecule has 0 aliphatic heterocycles. The lowest BCUT2D eigenvalue weighted by molar-refractivity contribution is 0.468. The van der Waals surface area contributed by atoms with Gasteiger partial charge >= 0.3 is 0 Å². The minimum atomic E-state index is -0.251. The van der Waals surface area contributed by atoms with Crippen molar-refractivity contribution in [3.63, 3.8) is 0 Å². The van der Waals surface area contributed by atoms with Crippen LogP contribution in [0.5, 0.6) is 0 Å². The van der Waals surface area contributed by atoms with Gasteiger partial charge in [-0.2, -0.15) is 0 Å². The fourth-order valence-corrected chi connectivity index (χ4v) is 3.61. The minimum Gasteiger partial charge on any atom is -0.284 e. The monoisotopic (exact) mass is 342 g/mol. The molecule has 0 amide bonds. The Morgan fingerprint density at radius 1 is 1.21 bits per heavy atom. The molecule has 3 nitrogen and oxygen atoms in total. The lowest BCUT2D eigenvalue weighted by Crippen LogP contribution is -2.26. The number of aromatic nitrogens is 2. The first-order valence-electron chi connectivity index (χ1n) is 7.98. The van der Waals surface area contributed by atoms with E-state index in [9.17, 15) is 9.18 Å². The summed E-state index contributed by atoms with van der Waals surface area (Å²) in [6.45, 7) is 4.07.